The van der Waals surface area contributed by atoms with E-state index < -0.39 is 10.2 Å². The van der Waals surface area contributed by atoms with Crippen molar-refractivity contribution in [2.24, 2.45) is 0 Å². The van der Waals surface area contributed by atoms with Gasteiger partial charge in [0.2, 0.25) is 0 Å². The summed E-state index contributed by atoms with van der Waals surface area (Å²) in [5, 5.41) is 0.701. The topological polar surface area (TPSA) is 49.4 Å². The van der Waals surface area contributed by atoms with Gasteiger partial charge in [0.15, 0.2) is 0 Å². The first-order chi connectivity index (χ1) is 9.45. The van der Waals surface area contributed by atoms with E-state index in [2.05, 4.69) is 4.72 Å². The number of rotatable bonds is 9. The Balaban J connectivity index is 2.30. The molecule has 0 bridgehead atoms. The summed E-state index contributed by atoms with van der Waals surface area (Å²) >= 11 is 7.40. The summed E-state index contributed by atoms with van der Waals surface area (Å²) in [6.07, 6.45) is 1.85. The summed E-state index contributed by atoms with van der Waals surface area (Å²) in [7, 11) is -1.74. The van der Waals surface area contributed by atoms with Crippen LogP contribution in [0.5, 0.6) is 0 Å². The summed E-state index contributed by atoms with van der Waals surface area (Å²) < 4.78 is 27.7. The fourth-order valence-corrected chi connectivity index (χ4v) is 3.45. The Morgan fingerprint density at radius 3 is 2.55 bits per heavy atom. The van der Waals surface area contributed by atoms with Crippen molar-refractivity contribution in [3.05, 3.63) is 29.3 Å². The Hall–Kier alpha value is -0.270. The smallest absolute Gasteiger partial charge is 0.201 e. The molecule has 0 unspecified atom stereocenters. The second-order valence-corrected chi connectivity index (χ2v) is 7.84. The standard InChI is InChI=1S/C13H21ClN2O2S2/c1-3-4-10-16(2)20(17,18)15-9-11-19-13-7-5-12(14)6-8-13/h5-8,15H,3-4,9-11H2,1-2H3. The summed E-state index contributed by atoms with van der Waals surface area (Å²) in [4.78, 5) is 1.08. The average Bonchev–Trinajstić information content (AvgIpc) is 2.42. The van der Waals surface area contributed by atoms with Crippen LogP contribution in [0.2, 0.25) is 5.02 Å². The van der Waals surface area contributed by atoms with Crippen molar-refractivity contribution in [1.82, 2.24) is 9.03 Å². The third kappa shape index (κ3) is 6.45. The number of benzene rings is 1. The normalized spacial score (nSPS) is 12.0. The maximum atomic E-state index is 11.9. The van der Waals surface area contributed by atoms with Crippen molar-refractivity contribution < 1.29 is 8.42 Å². The highest BCUT2D eigenvalue weighted by molar-refractivity contribution is 7.99. The lowest BCUT2D eigenvalue weighted by atomic mass is 10.3. The van der Waals surface area contributed by atoms with Gasteiger partial charge in [0.05, 0.1) is 0 Å². The van der Waals surface area contributed by atoms with Crippen LogP contribution in [0.3, 0.4) is 0 Å². The molecule has 0 heterocycles. The third-order valence-corrected chi connectivity index (χ3v) is 5.54. The van der Waals surface area contributed by atoms with Gasteiger partial charge in [0.25, 0.3) is 10.2 Å². The van der Waals surface area contributed by atoms with Crippen LogP contribution in [-0.4, -0.2) is 38.6 Å². The van der Waals surface area contributed by atoms with Gasteiger partial charge >= 0.3 is 0 Å². The fraction of sp³-hybridized carbons (Fsp3) is 0.538. The number of nitrogens with one attached hydrogen (secondary N) is 1. The lowest BCUT2D eigenvalue weighted by Crippen LogP contribution is -2.39. The molecular weight excluding hydrogens is 316 g/mol. The minimum absolute atomic E-state index is 0.409. The van der Waals surface area contributed by atoms with Crippen LogP contribution < -0.4 is 4.72 Å². The maximum absolute atomic E-state index is 11.9. The molecule has 1 aromatic carbocycles. The third-order valence-electron chi connectivity index (χ3n) is 2.71. The predicted octanol–water partition coefficient (Wildman–Crippen LogP) is 3.00. The van der Waals surface area contributed by atoms with E-state index >= 15 is 0 Å². The molecule has 0 amide bonds. The maximum Gasteiger partial charge on any atom is 0.279 e. The zero-order valence-corrected chi connectivity index (χ0v) is 14.2. The molecule has 0 saturated carbocycles. The Kier molecular flexibility index (Phi) is 7.91. The lowest BCUT2D eigenvalue weighted by Gasteiger charge is -2.17. The molecule has 0 aliphatic carbocycles. The highest BCUT2D eigenvalue weighted by Gasteiger charge is 2.15. The van der Waals surface area contributed by atoms with Gasteiger partial charge in [-0.2, -0.15) is 12.7 Å². The van der Waals surface area contributed by atoms with Crippen LogP contribution in [0.25, 0.3) is 0 Å². The van der Waals surface area contributed by atoms with E-state index in [1.165, 1.54) is 4.31 Å². The highest BCUT2D eigenvalue weighted by atomic mass is 35.5. The molecule has 4 nitrogen and oxygen atoms in total. The van der Waals surface area contributed by atoms with E-state index in [0.29, 0.717) is 23.9 Å². The number of halogens is 1. The van der Waals surface area contributed by atoms with Crippen molar-refractivity contribution in [1.29, 1.82) is 0 Å². The van der Waals surface area contributed by atoms with Crippen molar-refractivity contribution in [2.45, 2.75) is 24.7 Å². The van der Waals surface area contributed by atoms with Gasteiger partial charge in [0, 0.05) is 35.8 Å². The van der Waals surface area contributed by atoms with Crippen LogP contribution in [0.15, 0.2) is 29.2 Å². The van der Waals surface area contributed by atoms with Gasteiger partial charge in [-0.3, -0.25) is 0 Å². The van der Waals surface area contributed by atoms with Gasteiger partial charge in [0.1, 0.15) is 0 Å². The molecule has 20 heavy (non-hydrogen) atoms. The summed E-state index contributed by atoms with van der Waals surface area (Å²) in [6.45, 7) is 3.00. The zero-order valence-electron chi connectivity index (χ0n) is 11.8. The van der Waals surface area contributed by atoms with E-state index in [4.69, 9.17) is 11.6 Å². The molecule has 7 heteroatoms. The number of hydrogen-bond acceptors (Lipinski definition) is 3. The van der Waals surface area contributed by atoms with Crippen molar-refractivity contribution in [3.63, 3.8) is 0 Å². The summed E-state index contributed by atoms with van der Waals surface area (Å²) in [5.74, 6) is 0.683. The van der Waals surface area contributed by atoms with Crippen molar-refractivity contribution in [2.75, 3.05) is 25.9 Å². The second-order valence-electron chi connectivity index (χ2n) is 4.38. The number of unbranched alkanes of at least 4 members (excludes halogenated alkanes) is 1. The molecule has 0 atom stereocenters. The van der Waals surface area contributed by atoms with E-state index in [9.17, 15) is 8.42 Å². The van der Waals surface area contributed by atoms with E-state index in [0.717, 1.165) is 17.7 Å². The Morgan fingerprint density at radius 2 is 1.95 bits per heavy atom. The van der Waals surface area contributed by atoms with Gasteiger partial charge < -0.3 is 0 Å². The molecule has 1 N–H and O–H groups in total. The molecule has 1 aromatic rings. The lowest BCUT2D eigenvalue weighted by molar-refractivity contribution is 0.450. The Morgan fingerprint density at radius 1 is 1.30 bits per heavy atom. The molecule has 1 rings (SSSR count). The Bertz CT molecular complexity index is 492. The SMILES string of the molecule is CCCCN(C)S(=O)(=O)NCCSc1ccc(Cl)cc1. The quantitative estimate of drug-likeness (QED) is 0.557. The average molecular weight is 337 g/mol. The van der Waals surface area contributed by atoms with Crippen molar-refractivity contribution in [3.8, 4) is 0 Å². The minimum atomic E-state index is -3.34. The molecular formula is C13H21ClN2O2S2. The van der Waals surface area contributed by atoms with Gasteiger partial charge in [-0.15, -0.1) is 11.8 Å². The first kappa shape index (κ1) is 17.8. The molecule has 0 aromatic heterocycles. The predicted molar refractivity (Wildman–Crippen MR) is 86.6 cm³/mol. The largest absolute Gasteiger partial charge is 0.279 e. The first-order valence-electron chi connectivity index (χ1n) is 6.55. The Labute approximate surface area is 131 Å². The minimum Gasteiger partial charge on any atom is -0.201 e. The fourth-order valence-electron chi connectivity index (χ4n) is 1.48. The first-order valence-corrected chi connectivity index (χ1v) is 9.35. The van der Waals surface area contributed by atoms with Gasteiger partial charge in [-0.25, -0.2) is 4.72 Å². The highest BCUT2D eigenvalue weighted by Crippen LogP contribution is 2.19. The molecule has 0 saturated heterocycles. The van der Waals surface area contributed by atoms with Gasteiger partial charge in [-0.1, -0.05) is 24.9 Å². The molecule has 0 fully saturated rings. The van der Waals surface area contributed by atoms with E-state index in [1.54, 1.807) is 18.8 Å². The van der Waals surface area contributed by atoms with Crippen LogP contribution in [0.1, 0.15) is 19.8 Å². The van der Waals surface area contributed by atoms with Crippen LogP contribution in [0.4, 0.5) is 0 Å². The molecule has 0 spiro atoms. The van der Waals surface area contributed by atoms with Gasteiger partial charge in [-0.05, 0) is 30.7 Å². The molecule has 114 valence electrons. The number of nitrogens with zero attached hydrogens (tertiary/aromatic N) is 1. The molecule has 0 aliphatic heterocycles. The van der Waals surface area contributed by atoms with E-state index in [-0.39, 0.29) is 0 Å². The zero-order chi connectivity index (χ0) is 15.0. The second kappa shape index (κ2) is 8.89. The number of hydrogen-bond donors (Lipinski definition) is 1. The summed E-state index contributed by atoms with van der Waals surface area (Å²) in [5.41, 5.74) is 0. The molecule has 0 aliphatic rings. The molecule has 0 radical (unpaired) electrons. The monoisotopic (exact) mass is 336 g/mol. The van der Waals surface area contributed by atoms with Crippen LogP contribution in [-0.2, 0) is 10.2 Å². The van der Waals surface area contributed by atoms with Crippen LogP contribution in [0, 0.1) is 0 Å². The number of thioether (sulfide) groups is 1. The van der Waals surface area contributed by atoms with Crippen molar-refractivity contribution >= 4 is 33.6 Å². The van der Waals surface area contributed by atoms with Crippen LogP contribution >= 0.6 is 23.4 Å². The van der Waals surface area contributed by atoms with E-state index in [1.807, 2.05) is 31.2 Å². The summed E-state index contributed by atoms with van der Waals surface area (Å²) in [6, 6.07) is 7.50.